The zero-order chi connectivity index (χ0) is 31.5. The maximum Gasteiger partial charge on any atom is 0.345 e. The monoisotopic (exact) mass is 610 g/mol. The van der Waals surface area contributed by atoms with Gasteiger partial charge in [0.25, 0.3) is 0 Å². The van der Waals surface area contributed by atoms with Crippen LogP contribution in [-0.4, -0.2) is 44.6 Å². The van der Waals surface area contributed by atoms with Gasteiger partial charge < -0.3 is 10.2 Å². The van der Waals surface area contributed by atoms with E-state index in [1.54, 1.807) is 30.3 Å². The largest absolute Gasteiger partial charge is 0.481 e. The number of hydrogen-bond donors (Lipinski definition) is 3. The van der Waals surface area contributed by atoms with Crippen LogP contribution >= 0.6 is 11.8 Å². The molecule has 8 nitrogen and oxygen atoms in total. The van der Waals surface area contributed by atoms with E-state index in [2.05, 4.69) is 0 Å². The average Bonchev–Trinajstić information content (AvgIpc) is 3.04. The maximum atomic E-state index is 14.5. The van der Waals surface area contributed by atoms with Gasteiger partial charge in [-0.15, -0.1) is 0 Å². The second-order valence-corrected chi connectivity index (χ2v) is 11.4. The van der Waals surface area contributed by atoms with Crippen LogP contribution in [0.15, 0.2) is 121 Å². The Morgan fingerprint density at radius 3 is 1.68 bits per heavy atom. The Kier molecular flexibility index (Phi) is 11.1. The summed E-state index contributed by atoms with van der Waals surface area (Å²) in [5.74, 6) is -4.80. The van der Waals surface area contributed by atoms with Crippen molar-refractivity contribution in [3.05, 3.63) is 138 Å². The van der Waals surface area contributed by atoms with Crippen LogP contribution in [0.25, 0.3) is 0 Å². The Morgan fingerprint density at radius 2 is 1.20 bits per heavy atom. The van der Waals surface area contributed by atoms with Gasteiger partial charge in [-0.05, 0) is 35.2 Å². The number of anilines is 1. The van der Waals surface area contributed by atoms with Crippen LogP contribution in [0.2, 0.25) is 0 Å². The molecule has 4 aromatic carbocycles. The molecule has 2 unspecified atom stereocenters. The lowest BCUT2D eigenvalue weighted by atomic mass is 9.92. The molecule has 4 rings (SSSR count). The number of para-hydroxylation sites is 1. The molecule has 4 aromatic rings. The zero-order valence-electron chi connectivity index (χ0n) is 24.0. The summed E-state index contributed by atoms with van der Waals surface area (Å²) in [6, 6.07) is 36.1. The molecule has 0 aromatic heterocycles. The summed E-state index contributed by atoms with van der Waals surface area (Å²) in [6.07, 6.45) is -0.877. The number of nitrogens with zero attached hydrogens (tertiary/aromatic N) is 1. The van der Waals surface area contributed by atoms with Gasteiger partial charge in [-0.1, -0.05) is 121 Å². The second-order valence-electron chi connectivity index (χ2n) is 10.4. The first-order chi connectivity index (χ1) is 21.2. The highest BCUT2D eigenvalue weighted by Crippen LogP contribution is 2.33. The van der Waals surface area contributed by atoms with Crippen molar-refractivity contribution in [3.8, 4) is 0 Å². The summed E-state index contributed by atoms with van der Waals surface area (Å²) in [5.41, 5.74) is 6.73. The van der Waals surface area contributed by atoms with E-state index in [0.717, 1.165) is 33.4 Å². The maximum absolute atomic E-state index is 14.5. The van der Waals surface area contributed by atoms with E-state index >= 15 is 0 Å². The minimum absolute atomic E-state index is 0.0424. The van der Waals surface area contributed by atoms with Crippen molar-refractivity contribution in [1.82, 2.24) is 0 Å². The summed E-state index contributed by atoms with van der Waals surface area (Å²) >= 11 is 1.01. The van der Waals surface area contributed by atoms with Crippen molar-refractivity contribution in [2.75, 3.05) is 10.7 Å². The number of aliphatic carboxylic acids is 2. The third-order valence-electron chi connectivity index (χ3n) is 7.33. The molecule has 0 heterocycles. The number of carbonyl (C=O) groups is 4. The molecule has 0 aliphatic heterocycles. The number of carboxylic acids is 2. The van der Waals surface area contributed by atoms with E-state index in [1.807, 2.05) is 91.0 Å². The molecular weight excluding hydrogens is 576 g/mol. The first-order valence-electron chi connectivity index (χ1n) is 14.1. The number of carboxylic acid groups (broad SMARTS) is 2. The molecular formula is C35H34N2O6S. The number of hydrogen-bond acceptors (Lipinski definition) is 6. The zero-order valence-corrected chi connectivity index (χ0v) is 24.8. The van der Waals surface area contributed by atoms with Crippen molar-refractivity contribution >= 4 is 40.4 Å². The molecule has 0 spiro atoms. The van der Waals surface area contributed by atoms with E-state index in [0.29, 0.717) is 0 Å². The Morgan fingerprint density at radius 1 is 0.727 bits per heavy atom. The van der Waals surface area contributed by atoms with Crippen LogP contribution in [0, 0.1) is 5.92 Å². The Balaban J connectivity index is 1.71. The van der Waals surface area contributed by atoms with Gasteiger partial charge in [0.2, 0.25) is 11.0 Å². The van der Waals surface area contributed by atoms with Gasteiger partial charge in [0.15, 0.2) is 5.66 Å². The van der Waals surface area contributed by atoms with Crippen molar-refractivity contribution < 1.29 is 29.4 Å². The van der Waals surface area contributed by atoms with Gasteiger partial charge in [-0.2, -0.15) is 0 Å². The highest BCUT2D eigenvalue weighted by atomic mass is 32.2. The molecule has 0 aliphatic rings. The molecule has 0 bridgehead atoms. The van der Waals surface area contributed by atoms with Gasteiger partial charge >= 0.3 is 11.9 Å². The predicted octanol–water partition coefficient (Wildman–Crippen LogP) is 5.57. The van der Waals surface area contributed by atoms with Crippen molar-refractivity contribution in [3.63, 3.8) is 0 Å². The molecule has 0 saturated heterocycles. The number of benzene rings is 4. The standard InChI is InChI=1S/C35H34N2O6S/c36-35(34(42)43,22-21-30(38)39)37(29-19-11-4-12-20-29)32(40)28(23-25-13-5-1-6-14-25)24-44-33(41)31(26-15-7-2-8-16-26)27-17-9-3-10-18-27/h1-20,28,31H,21-24,36H2,(H,38,39)(H,42,43). The molecule has 9 heteroatoms. The molecule has 0 radical (unpaired) electrons. The van der Waals surface area contributed by atoms with Gasteiger partial charge in [-0.25, -0.2) is 4.79 Å². The second kappa shape index (κ2) is 15.1. The predicted molar refractivity (Wildman–Crippen MR) is 171 cm³/mol. The third kappa shape index (κ3) is 8.00. The lowest BCUT2D eigenvalue weighted by Gasteiger charge is -2.39. The number of rotatable bonds is 14. The number of carbonyl (C=O) groups excluding carboxylic acids is 2. The quantitative estimate of drug-likeness (QED) is 0.158. The molecule has 0 saturated carbocycles. The van der Waals surface area contributed by atoms with Gasteiger partial charge in [0.05, 0.1) is 11.8 Å². The summed E-state index contributed by atoms with van der Waals surface area (Å²) < 4.78 is 0. The molecule has 4 N–H and O–H groups in total. The molecule has 1 amide bonds. The van der Waals surface area contributed by atoms with Crippen LogP contribution in [0.4, 0.5) is 5.69 Å². The molecule has 2 atom stereocenters. The topological polar surface area (TPSA) is 138 Å². The van der Waals surface area contributed by atoms with Crippen LogP contribution in [0.5, 0.6) is 0 Å². The van der Waals surface area contributed by atoms with E-state index in [4.69, 9.17) is 5.73 Å². The summed E-state index contributed by atoms with van der Waals surface area (Å²) in [7, 11) is 0. The van der Waals surface area contributed by atoms with E-state index in [1.165, 1.54) is 0 Å². The van der Waals surface area contributed by atoms with Gasteiger partial charge in [0, 0.05) is 24.3 Å². The van der Waals surface area contributed by atoms with Crippen molar-refractivity contribution in [2.24, 2.45) is 11.7 Å². The average molecular weight is 611 g/mol. The fourth-order valence-corrected chi connectivity index (χ4v) is 6.13. The lowest BCUT2D eigenvalue weighted by Crippen LogP contribution is -2.65. The fraction of sp³-hybridized carbons (Fsp3) is 0.200. The van der Waals surface area contributed by atoms with E-state index in [9.17, 15) is 29.4 Å². The first kappa shape index (κ1) is 32.2. The summed E-state index contributed by atoms with van der Waals surface area (Å²) in [6.45, 7) is 0. The third-order valence-corrected chi connectivity index (χ3v) is 8.42. The Hall–Kier alpha value is -4.73. The lowest BCUT2D eigenvalue weighted by molar-refractivity contribution is -0.147. The van der Waals surface area contributed by atoms with Crippen LogP contribution < -0.4 is 10.6 Å². The number of nitrogens with two attached hydrogens (primary N) is 1. The van der Waals surface area contributed by atoms with Crippen LogP contribution in [0.1, 0.15) is 35.4 Å². The molecule has 44 heavy (non-hydrogen) atoms. The molecule has 0 fully saturated rings. The number of amides is 1. The normalized spacial score (nSPS) is 13.0. The fourth-order valence-electron chi connectivity index (χ4n) is 5.06. The van der Waals surface area contributed by atoms with Gasteiger partial charge in [0.1, 0.15) is 0 Å². The first-order valence-corrected chi connectivity index (χ1v) is 15.1. The number of thioether (sulfide) groups is 1. The molecule has 226 valence electrons. The van der Waals surface area contributed by atoms with E-state index in [-0.39, 0.29) is 23.0 Å². The minimum atomic E-state index is -2.35. The Bertz CT molecular complexity index is 1510. The highest BCUT2D eigenvalue weighted by molar-refractivity contribution is 8.13. The van der Waals surface area contributed by atoms with Crippen molar-refractivity contribution in [2.45, 2.75) is 30.8 Å². The highest BCUT2D eigenvalue weighted by Gasteiger charge is 2.46. The molecule has 0 aliphatic carbocycles. The Labute approximate surface area is 260 Å². The summed E-state index contributed by atoms with van der Waals surface area (Å²) in [5, 5.41) is 19.5. The van der Waals surface area contributed by atoms with Crippen LogP contribution in [0.3, 0.4) is 0 Å². The summed E-state index contributed by atoms with van der Waals surface area (Å²) in [4.78, 5) is 53.5. The van der Waals surface area contributed by atoms with Crippen molar-refractivity contribution in [1.29, 1.82) is 0 Å². The minimum Gasteiger partial charge on any atom is -0.481 e. The van der Waals surface area contributed by atoms with Gasteiger partial charge in [-0.3, -0.25) is 25.0 Å². The SMILES string of the molecule is NC(CCC(=O)O)(C(=O)O)N(C(=O)C(CSC(=O)C(c1ccccc1)c1ccccc1)Cc1ccccc1)c1ccccc1. The van der Waals surface area contributed by atoms with Crippen LogP contribution in [-0.2, 0) is 25.6 Å². The smallest absolute Gasteiger partial charge is 0.345 e. The van der Waals surface area contributed by atoms with E-state index < -0.39 is 48.2 Å².